The number of anilines is 1. The van der Waals surface area contributed by atoms with Gasteiger partial charge in [-0.05, 0) is 60.1 Å². The Morgan fingerprint density at radius 2 is 1.64 bits per heavy atom. The average Bonchev–Trinajstić information content (AvgIpc) is 2.53. The van der Waals surface area contributed by atoms with E-state index in [4.69, 9.17) is 5.11 Å². The first-order valence-electron chi connectivity index (χ1n) is 7.86. The number of nitrogens with one attached hydrogen (secondary N) is 1. The number of aryl methyl sites for hydroxylation is 2. The van der Waals surface area contributed by atoms with Gasteiger partial charge in [0, 0.05) is 12.2 Å². The van der Waals surface area contributed by atoms with Crippen LogP contribution in [-0.4, -0.2) is 11.1 Å². The van der Waals surface area contributed by atoms with Gasteiger partial charge in [0.2, 0.25) is 0 Å². The molecule has 0 unspecified atom stereocenters. The summed E-state index contributed by atoms with van der Waals surface area (Å²) in [6.07, 6.45) is 5.11. The van der Waals surface area contributed by atoms with E-state index < -0.39 is 5.97 Å². The highest BCUT2D eigenvalue weighted by molar-refractivity contribution is 5.70. The van der Waals surface area contributed by atoms with Gasteiger partial charge in [0.05, 0.1) is 6.42 Å². The van der Waals surface area contributed by atoms with Gasteiger partial charge in [-0.15, -0.1) is 0 Å². The number of rotatable bonds is 5. The van der Waals surface area contributed by atoms with Crippen LogP contribution < -0.4 is 5.32 Å². The van der Waals surface area contributed by atoms with E-state index in [0.29, 0.717) is 0 Å². The first-order valence-corrected chi connectivity index (χ1v) is 7.86. The summed E-state index contributed by atoms with van der Waals surface area (Å²) < 4.78 is 0. The Bertz CT molecular complexity index is 662. The Morgan fingerprint density at radius 3 is 2.36 bits per heavy atom. The van der Waals surface area contributed by atoms with Gasteiger partial charge in [0.1, 0.15) is 0 Å². The molecule has 1 aliphatic rings. The molecule has 0 amide bonds. The molecule has 0 atom stereocenters. The summed E-state index contributed by atoms with van der Waals surface area (Å²) in [5.74, 6) is -0.797. The van der Waals surface area contributed by atoms with Crippen LogP contribution in [0.5, 0.6) is 0 Å². The third kappa shape index (κ3) is 3.67. The molecule has 2 N–H and O–H groups in total. The SMILES string of the molecule is O=C(O)Cc1ccc(NCc2ccc3c(c2)CCCC3)cc1. The number of hydrogen-bond donors (Lipinski definition) is 2. The molecule has 1 aliphatic carbocycles. The van der Waals surface area contributed by atoms with Gasteiger partial charge in [-0.3, -0.25) is 4.79 Å². The smallest absolute Gasteiger partial charge is 0.307 e. The minimum Gasteiger partial charge on any atom is -0.481 e. The molecule has 114 valence electrons. The normalized spacial score (nSPS) is 13.5. The quantitative estimate of drug-likeness (QED) is 0.882. The largest absolute Gasteiger partial charge is 0.481 e. The van der Waals surface area contributed by atoms with Crippen LogP contribution in [0.15, 0.2) is 42.5 Å². The molecule has 3 heteroatoms. The first kappa shape index (κ1) is 14.6. The van der Waals surface area contributed by atoms with E-state index in [9.17, 15) is 4.79 Å². The fraction of sp³-hybridized carbons (Fsp3) is 0.316. The van der Waals surface area contributed by atoms with E-state index in [1.54, 1.807) is 0 Å². The van der Waals surface area contributed by atoms with Crippen molar-refractivity contribution in [2.24, 2.45) is 0 Å². The minimum absolute atomic E-state index is 0.0745. The van der Waals surface area contributed by atoms with Crippen LogP contribution >= 0.6 is 0 Å². The van der Waals surface area contributed by atoms with Gasteiger partial charge in [0.15, 0.2) is 0 Å². The molecule has 2 aromatic rings. The summed E-state index contributed by atoms with van der Waals surface area (Å²) in [7, 11) is 0. The number of hydrogen-bond acceptors (Lipinski definition) is 2. The Kier molecular flexibility index (Phi) is 4.42. The summed E-state index contributed by atoms with van der Waals surface area (Å²) in [5, 5.41) is 12.2. The first-order chi connectivity index (χ1) is 10.7. The lowest BCUT2D eigenvalue weighted by Gasteiger charge is -2.17. The van der Waals surface area contributed by atoms with Gasteiger partial charge in [-0.2, -0.15) is 0 Å². The molecule has 3 nitrogen and oxygen atoms in total. The van der Waals surface area contributed by atoms with Crippen molar-refractivity contribution in [2.45, 2.75) is 38.6 Å². The molecule has 22 heavy (non-hydrogen) atoms. The lowest BCUT2D eigenvalue weighted by atomic mass is 9.90. The summed E-state index contributed by atoms with van der Waals surface area (Å²) in [6.45, 7) is 0.797. The Morgan fingerprint density at radius 1 is 0.955 bits per heavy atom. The summed E-state index contributed by atoms with van der Waals surface area (Å²) in [4.78, 5) is 10.7. The average molecular weight is 295 g/mol. The van der Waals surface area contributed by atoms with Gasteiger partial charge in [-0.25, -0.2) is 0 Å². The Balaban J connectivity index is 1.61. The molecule has 0 bridgehead atoms. The summed E-state index contributed by atoms with van der Waals surface area (Å²) >= 11 is 0. The Hall–Kier alpha value is -2.29. The second kappa shape index (κ2) is 6.65. The van der Waals surface area contributed by atoms with Gasteiger partial charge >= 0.3 is 5.97 Å². The van der Waals surface area contributed by atoms with Crippen LogP contribution in [0.3, 0.4) is 0 Å². The molecule has 0 saturated heterocycles. The van der Waals surface area contributed by atoms with Crippen molar-refractivity contribution >= 4 is 11.7 Å². The fourth-order valence-electron chi connectivity index (χ4n) is 3.02. The maximum Gasteiger partial charge on any atom is 0.307 e. The van der Waals surface area contributed by atoms with E-state index in [2.05, 4.69) is 23.5 Å². The zero-order valence-electron chi connectivity index (χ0n) is 12.6. The molecule has 2 aromatic carbocycles. The zero-order valence-corrected chi connectivity index (χ0v) is 12.6. The molecule has 0 aliphatic heterocycles. The maximum atomic E-state index is 10.7. The van der Waals surface area contributed by atoms with E-state index in [1.807, 2.05) is 24.3 Å². The number of carboxylic acids is 1. The van der Waals surface area contributed by atoms with Crippen molar-refractivity contribution in [3.63, 3.8) is 0 Å². The highest BCUT2D eigenvalue weighted by atomic mass is 16.4. The van der Waals surface area contributed by atoms with Crippen molar-refractivity contribution in [1.82, 2.24) is 0 Å². The molecule has 3 rings (SSSR count). The molecule has 0 radical (unpaired) electrons. The third-order valence-corrected chi connectivity index (χ3v) is 4.22. The topological polar surface area (TPSA) is 49.3 Å². The second-order valence-corrected chi connectivity index (χ2v) is 5.93. The van der Waals surface area contributed by atoms with E-state index in [1.165, 1.54) is 42.4 Å². The molecule has 0 aromatic heterocycles. The van der Waals surface area contributed by atoms with Crippen LogP contribution in [0.25, 0.3) is 0 Å². The maximum absolute atomic E-state index is 10.7. The van der Waals surface area contributed by atoms with Crippen LogP contribution in [-0.2, 0) is 30.6 Å². The molecule has 0 spiro atoms. The molecule has 0 saturated carbocycles. The number of carboxylic acid groups (broad SMARTS) is 1. The van der Waals surface area contributed by atoms with Crippen LogP contribution in [0.2, 0.25) is 0 Å². The highest BCUT2D eigenvalue weighted by Crippen LogP contribution is 2.22. The molecule has 0 heterocycles. The van der Waals surface area contributed by atoms with Crippen molar-refractivity contribution < 1.29 is 9.90 Å². The van der Waals surface area contributed by atoms with E-state index in [0.717, 1.165) is 17.8 Å². The minimum atomic E-state index is -0.797. The number of fused-ring (bicyclic) bond motifs is 1. The van der Waals surface area contributed by atoms with Crippen LogP contribution in [0.1, 0.15) is 35.1 Å². The monoisotopic (exact) mass is 295 g/mol. The lowest BCUT2D eigenvalue weighted by Crippen LogP contribution is -2.05. The van der Waals surface area contributed by atoms with Gasteiger partial charge in [0.25, 0.3) is 0 Å². The van der Waals surface area contributed by atoms with Gasteiger partial charge < -0.3 is 10.4 Å². The second-order valence-electron chi connectivity index (χ2n) is 5.93. The Labute approximate surface area is 131 Å². The van der Waals surface area contributed by atoms with Crippen molar-refractivity contribution in [1.29, 1.82) is 0 Å². The summed E-state index contributed by atoms with van der Waals surface area (Å²) in [5.41, 5.74) is 6.16. The number of aliphatic carboxylic acids is 1. The highest BCUT2D eigenvalue weighted by Gasteiger charge is 2.09. The zero-order chi connectivity index (χ0) is 15.4. The van der Waals surface area contributed by atoms with E-state index in [-0.39, 0.29) is 6.42 Å². The number of benzene rings is 2. The molecular weight excluding hydrogens is 274 g/mol. The predicted molar refractivity (Wildman–Crippen MR) is 88.2 cm³/mol. The van der Waals surface area contributed by atoms with Crippen molar-refractivity contribution in [2.75, 3.05) is 5.32 Å². The predicted octanol–water partition coefficient (Wildman–Crippen LogP) is 3.80. The van der Waals surface area contributed by atoms with Gasteiger partial charge in [-0.1, -0.05) is 30.3 Å². The van der Waals surface area contributed by atoms with Crippen molar-refractivity contribution in [3.05, 3.63) is 64.7 Å². The molecule has 0 fully saturated rings. The van der Waals surface area contributed by atoms with E-state index >= 15 is 0 Å². The molecular formula is C19H21NO2. The lowest BCUT2D eigenvalue weighted by molar-refractivity contribution is -0.136. The van der Waals surface area contributed by atoms with Crippen molar-refractivity contribution in [3.8, 4) is 0 Å². The standard InChI is InChI=1S/C19H21NO2/c21-19(22)12-14-6-9-18(10-7-14)20-13-15-5-8-16-3-1-2-4-17(16)11-15/h5-11,20H,1-4,12-13H2,(H,21,22). The summed E-state index contributed by atoms with van der Waals surface area (Å²) in [6, 6.07) is 14.4. The third-order valence-electron chi connectivity index (χ3n) is 4.22. The number of carbonyl (C=O) groups is 1. The fourth-order valence-corrected chi connectivity index (χ4v) is 3.02. The van der Waals surface area contributed by atoms with Crippen LogP contribution in [0.4, 0.5) is 5.69 Å². The van der Waals surface area contributed by atoms with Crippen LogP contribution in [0, 0.1) is 0 Å².